The highest BCUT2D eigenvalue weighted by molar-refractivity contribution is 5.76. The summed E-state index contributed by atoms with van der Waals surface area (Å²) >= 11 is 0. The van der Waals surface area contributed by atoms with Crippen molar-refractivity contribution in [2.24, 2.45) is 0 Å². The standard InChI is InChI=1S/C71H137NO3/c1-3-5-7-9-11-13-15-17-19-21-23-25-27-29-31-33-35-37-38-40-42-44-46-48-50-52-54-56-58-60-62-64-66-70(74)69(68-73)72-71(75)67-65-63-61-59-57-55-53-51-49-47-45-43-41-39-36-34-32-30-28-26-24-22-20-18-16-14-12-10-8-6-4-2/h22,24,56,58,64,66,69-70,73-74H,3-21,23,25-55,57,59-63,65,67-68H2,1-2H3,(H,72,75)/b24-22-,58-56+,66-64+. The summed E-state index contributed by atoms with van der Waals surface area (Å²) < 4.78 is 0. The van der Waals surface area contributed by atoms with Crippen LogP contribution in [0.4, 0.5) is 0 Å². The summed E-state index contributed by atoms with van der Waals surface area (Å²) in [6, 6.07) is -0.639. The molecule has 0 saturated carbocycles. The zero-order valence-corrected chi connectivity index (χ0v) is 51.3. The number of rotatable bonds is 65. The van der Waals surface area contributed by atoms with Gasteiger partial charge in [-0.25, -0.2) is 0 Å². The summed E-state index contributed by atoms with van der Waals surface area (Å²) in [7, 11) is 0. The fourth-order valence-electron chi connectivity index (χ4n) is 11.1. The summed E-state index contributed by atoms with van der Waals surface area (Å²) in [4.78, 5) is 12.5. The lowest BCUT2D eigenvalue weighted by Crippen LogP contribution is -2.45. The van der Waals surface area contributed by atoms with Crippen LogP contribution >= 0.6 is 0 Å². The minimum absolute atomic E-state index is 0.0658. The molecule has 0 aromatic rings. The van der Waals surface area contributed by atoms with Crippen molar-refractivity contribution in [1.82, 2.24) is 5.32 Å². The molecular weight excluding hydrogens is 915 g/mol. The first kappa shape index (κ1) is 73.6. The molecule has 75 heavy (non-hydrogen) atoms. The molecular formula is C71H137NO3. The number of aliphatic hydroxyl groups excluding tert-OH is 2. The predicted octanol–water partition coefficient (Wildman–Crippen LogP) is 23.5. The molecule has 0 bridgehead atoms. The zero-order chi connectivity index (χ0) is 54.1. The number of nitrogens with one attached hydrogen (secondary N) is 1. The zero-order valence-electron chi connectivity index (χ0n) is 51.3. The molecule has 0 radical (unpaired) electrons. The van der Waals surface area contributed by atoms with Crippen molar-refractivity contribution in [3.05, 3.63) is 36.5 Å². The van der Waals surface area contributed by atoms with E-state index in [0.29, 0.717) is 6.42 Å². The van der Waals surface area contributed by atoms with E-state index in [9.17, 15) is 15.0 Å². The van der Waals surface area contributed by atoms with E-state index in [-0.39, 0.29) is 12.5 Å². The maximum atomic E-state index is 12.5. The van der Waals surface area contributed by atoms with Crippen LogP contribution in [0.5, 0.6) is 0 Å². The molecule has 4 nitrogen and oxygen atoms in total. The summed E-state index contributed by atoms with van der Waals surface area (Å²) in [5.41, 5.74) is 0. The van der Waals surface area contributed by atoms with Gasteiger partial charge in [0.2, 0.25) is 5.91 Å². The first-order chi connectivity index (χ1) is 37.2. The van der Waals surface area contributed by atoms with Gasteiger partial charge >= 0.3 is 0 Å². The van der Waals surface area contributed by atoms with Crippen LogP contribution in [-0.2, 0) is 4.79 Å². The number of hydrogen-bond donors (Lipinski definition) is 3. The molecule has 0 saturated heterocycles. The van der Waals surface area contributed by atoms with Crippen LogP contribution < -0.4 is 5.32 Å². The molecule has 0 aliphatic rings. The van der Waals surface area contributed by atoms with E-state index < -0.39 is 12.1 Å². The third-order valence-corrected chi connectivity index (χ3v) is 16.3. The minimum atomic E-state index is -0.863. The van der Waals surface area contributed by atoms with Gasteiger partial charge in [0.1, 0.15) is 0 Å². The molecule has 1 amide bonds. The Hall–Kier alpha value is -1.39. The van der Waals surface area contributed by atoms with Crippen molar-refractivity contribution in [3.63, 3.8) is 0 Å². The number of amides is 1. The summed E-state index contributed by atoms with van der Waals surface area (Å²) in [6.45, 7) is 4.35. The van der Waals surface area contributed by atoms with Crippen LogP contribution in [0.1, 0.15) is 393 Å². The minimum Gasteiger partial charge on any atom is -0.394 e. The molecule has 2 atom stereocenters. The number of hydrogen-bond acceptors (Lipinski definition) is 3. The summed E-state index contributed by atoms with van der Waals surface area (Å²) in [6.07, 6.45) is 92.4. The summed E-state index contributed by atoms with van der Waals surface area (Å²) in [5, 5.41) is 23.3. The number of carbonyl (C=O) groups is 1. The van der Waals surface area contributed by atoms with Gasteiger partial charge in [0, 0.05) is 6.42 Å². The lowest BCUT2D eigenvalue weighted by Gasteiger charge is -2.19. The third kappa shape index (κ3) is 63.3. The van der Waals surface area contributed by atoms with E-state index in [1.807, 2.05) is 6.08 Å². The first-order valence-electron chi connectivity index (χ1n) is 34.7. The fourth-order valence-corrected chi connectivity index (χ4v) is 11.1. The highest BCUT2D eigenvalue weighted by Crippen LogP contribution is 2.19. The van der Waals surface area contributed by atoms with E-state index in [2.05, 4.69) is 43.5 Å². The van der Waals surface area contributed by atoms with Crippen LogP contribution in [0.2, 0.25) is 0 Å². The van der Waals surface area contributed by atoms with Gasteiger partial charge in [0.05, 0.1) is 18.8 Å². The van der Waals surface area contributed by atoms with Crippen LogP contribution in [0.15, 0.2) is 36.5 Å². The van der Waals surface area contributed by atoms with E-state index >= 15 is 0 Å². The highest BCUT2D eigenvalue weighted by atomic mass is 16.3. The molecule has 0 rings (SSSR count). The Labute approximate surface area is 472 Å². The van der Waals surface area contributed by atoms with Gasteiger partial charge in [-0.15, -0.1) is 0 Å². The second-order valence-electron chi connectivity index (χ2n) is 23.9. The van der Waals surface area contributed by atoms with Crippen molar-refractivity contribution < 1.29 is 15.0 Å². The van der Waals surface area contributed by atoms with E-state index in [1.54, 1.807) is 6.08 Å². The number of aliphatic hydroxyl groups is 2. The molecule has 0 aromatic carbocycles. The van der Waals surface area contributed by atoms with Gasteiger partial charge in [-0.05, 0) is 57.8 Å². The molecule has 0 aliphatic heterocycles. The van der Waals surface area contributed by atoms with Crippen LogP contribution in [0.25, 0.3) is 0 Å². The quantitative estimate of drug-likeness (QED) is 0.0420. The maximum Gasteiger partial charge on any atom is 0.220 e. The van der Waals surface area contributed by atoms with Crippen LogP contribution in [0, 0.1) is 0 Å². The molecule has 3 N–H and O–H groups in total. The van der Waals surface area contributed by atoms with E-state index in [4.69, 9.17) is 0 Å². The summed E-state index contributed by atoms with van der Waals surface area (Å²) in [5.74, 6) is -0.0658. The smallest absolute Gasteiger partial charge is 0.220 e. The molecule has 444 valence electrons. The van der Waals surface area contributed by atoms with Gasteiger partial charge in [-0.1, -0.05) is 365 Å². The van der Waals surface area contributed by atoms with Gasteiger partial charge in [-0.2, -0.15) is 0 Å². The lowest BCUT2D eigenvalue weighted by atomic mass is 10.0. The third-order valence-electron chi connectivity index (χ3n) is 16.3. The molecule has 0 spiro atoms. The second-order valence-corrected chi connectivity index (χ2v) is 23.9. The predicted molar refractivity (Wildman–Crippen MR) is 336 cm³/mol. The van der Waals surface area contributed by atoms with Crippen molar-refractivity contribution in [2.45, 2.75) is 405 Å². The molecule has 4 heteroatoms. The van der Waals surface area contributed by atoms with Crippen molar-refractivity contribution in [3.8, 4) is 0 Å². The molecule has 0 heterocycles. The Morgan fingerprint density at radius 1 is 0.307 bits per heavy atom. The lowest BCUT2D eigenvalue weighted by molar-refractivity contribution is -0.123. The number of carbonyl (C=O) groups excluding carboxylic acids is 1. The SMILES string of the molecule is CCCCCCCCCC/C=C\CCCCCCCCCCCCCCCCCCCCCC(=O)NC(CO)C(O)/C=C/CC/C=C/CCCCCCCCCCCCCCCCCCCCCCCCCCCC. The second kappa shape index (κ2) is 66.9. The molecule has 0 aliphatic carbocycles. The molecule has 0 aromatic heterocycles. The molecule has 0 fully saturated rings. The van der Waals surface area contributed by atoms with E-state index in [0.717, 1.165) is 32.1 Å². The van der Waals surface area contributed by atoms with E-state index in [1.165, 1.54) is 340 Å². The molecule has 2 unspecified atom stereocenters. The van der Waals surface area contributed by atoms with Crippen molar-refractivity contribution >= 4 is 5.91 Å². The first-order valence-corrected chi connectivity index (χ1v) is 34.7. The monoisotopic (exact) mass is 1050 g/mol. The Bertz CT molecular complexity index is 1150. The van der Waals surface area contributed by atoms with Gasteiger partial charge in [0.25, 0.3) is 0 Å². The van der Waals surface area contributed by atoms with Crippen LogP contribution in [-0.4, -0.2) is 34.9 Å². The Balaban J connectivity index is 3.44. The van der Waals surface area contributed by atoms with Crippen molar-refractivity contribution in [1.29, 1.82) is 0 Å². The number of unbranched alkanes of at least 4 members (excludes halogenated alkanes) is 54. The van der Waals surface area contributed by atoms with Crippen LogP contribution in [0.3, 0.4) is 0 Å². The Morgan fingerprint density at radius 3 is 0.773 bits per heavy atom. The maximum absolute atomic E-state index is 12.5. The Morgan fingerprint density at radius 2 is 0.520 bits per heavy atom. The Kier molecular flexibility index (Phi) is 65.6. The van der Waals surface area contributed by atoms with Crippen molar-refractivity contribution in [2.75, 3.05) is 6.61 Å². The highest BCUT2D eigenvalue weighted by Gasteiger charge is 2.18. The average Bonchev–Trinajstić information content (AvgIpc) is 3.41. The van der Waals surface area contributed by atoms with Gasteiger partial charge in [0.15, 0.2) is 0 Å². The number of allylic oxidation sites excluding steroid dienone is 5. The largest absolute Gasteiger partial charge is 0.394 e. The van der Waals surface area contributed by atoms with Gasteiger partial charge in [-0.3, -0.25) is 4.79 Å². The average molecular weight is 1050 g/mol. The normalized spacial score (nSPS) is 12.9. The fraction of sp³-hybridized carbons (Fsp3) is 0.901. The van der Waals surface area contributed by atoms with Gasteiger partial charge < -0.3 is 15.5 Å². The topological polar surface area (TPSA) is 69.6 Å².